The van der Waals surface area contributed by atoms with Crippen LogP contribution < -0.4 is 5.32 Å². The zero-order valence-corrected chi connectivity index (χ0v) is 21.4. The van der Waals surface area contributed by atoms with Crippen LogP contribution in [0, 0.1) is 23.1 Å². The highest BCUT2D eigenvalue weighted by Crippen LogP contribution is 2.59. The van der Waals surface area contributed by atoms with E-state index in [-0.39, 0.29) is 29.1 Å². The lowest BCUT2D eigenvalue weighted by Crippen LogP contribution is -2.36. The topological polar surface area (TPSA) is 78.1 Å². The minimum absolute atomic E-state index is 0.0975. The first kappa shape index (κ1) is 25.1. The molecule has 6 nitrogen and oxygen atoms in total. The molecule has 3 aliphatic rings. The van der Waals surface area contributed by atoms with Crippen molar-refractivity contribution in [2.75, 3.05) is 20.1 Å². The Hall–Kier alpha value is -2.54. The SMILES string of the molecule is CN1CCC2(CC1)C[C@@H]2C(=O)N[C@@H](CCCCCC(=O)CC1CC1)c1ncc(-c2ccc(F)cc2)[nH]1. The lowest BCUT2D eigenvalue weighted by atomic mass is 9.91. The van der Waals surface area contributed by atoms with Crippen molar-refractivity contribution in [3.8, 4) is 11.3 Å². The van der Waals surface area contributed by atoms with Crippen molar-refractivity contribution in [2.45, 2.75) is 76.7 Å². The molecule has 2 atom stereocenters. The van der Waals surface area contributed by atoms with E-state index in [1.807, 2.05) is 0 Å². The molecule has 0 bridgehead atoms. The standard InChI is InChI=1S/C29H39FN4O2/c1-34-15-13-29(14-16-34)18-24(29)28(36)33-25(6-4-2-3-5-23(35)17-20-7-8-20)27-31-19-26(32-27)21-9-11-22(30)12-10-21/h9-12,19-20,24-25H,2-8,13-18H2,1H3,(H,31,32)(H,33,36)/t24-,25+/m1/s1. The van der Waals surface area contributed by atoms with E-state index in [1.165, 1.54) is 25.0 Å². The van der Waals surface area contributed by atoms with Crippen LogP contribution in [0.15, 0.2) is 30.5 Å². The third kappa shape index (κ3) is 6.23. The number of nitrogens with one attached hydrogen (secondary N) is 2. The summed E-state index contributed by atoms with van der Waals surface area (Å²) in [5.74, 6) is 1.76. The van der Waals surface area contributed by atoms with Crippen LogP contribution >= 0.6 is 0 Å². The molecule has 1 aliphatic heterocycles. The number of carbonyl (C=O) groups excluding carboxylic acids is 2. The highest BCUT2D eigenvalue weighted by molar-refractivity contribution is 5.83. The van der Waals surface area contributed by atoms with Crippen LogP contribution in [-0.2, 0) is 9.59 Å². The molecule has 2 N–H and O–H groups in total. The van der Waals surface area contributed by atoms with Crippen molar-refractivity contribution < 1.29 is 14.0 Å². The number of nitrogens with zero attached hydrogens (tertiary/aromatic N) is 2. The van der Waals surface area contributed by atoms with Gasteiger partial charge in [-0.15, -0.1) is 0 Å². The number of amides is 1. The monoisotopic (exact) mass is 494 g/mol. The zero-order chi connectivity index (χ0) is 25.1. The van der Waals surface area contributed by atoms with E-state index in [2.05, 4.69) is 27.2 Å². The fourth-order valence-corrected chi connectivity index (χ4v) is 5.77. The van der Waals surface area contributed by atoms with Crippen molar-refractivity contribution in [1.29, 1.82) is 0 Å². The second kappa shape index (κ2) is 10.8. The molecule has 1 aromatic heterocycles. The van der Waals surface area contributed by atoms with E-state index in [4.69, 9.17) is 0 Å². The number of imidazole rings is 1. The molecule has 1 amide bonds. The molecule has 1 saturated heterocycles. The summed E-state index contributed by atoms with van der Waals surface area (Å²) in [6.07, 6.45) is 12.4. The lowest BCUT2D eigenvalue weighted by molar-refractivity contribution is -0.124. The van der Waals surface area contributed by atoms with Crippen LogP contribution in [-0.4, -0.2) is 46.7 Å². The van der Waals surface area contributed by atoms with Crippen LogP contribution in [0.5, 0.6) is 0 Å². The third-order valence-corrected chi connectivity index (χ3v) is 8.55. The van der Waals surface area contributed by atoms with E-state index < -0.39 is 0 Å². The van der Waals surface area contributed by atoms with Gasteiger partial charge in [0.2, 0.25) is 5.91 Å². The van der Waals surface area contributed by atoms with Crippen molar-refractivity contribution in [3.05, 3.63) is 42.1 Å². The molecule has 0 radical (unpaired) electrons. The van der Waals surface area contributed by atoms with Crippen LogP contribution in [0.2, 0.25) is 0 Å². The zero-order valence-electron chi connectivity index (χ0n) is 21.4. The number of hydrogen-bond donors (Lipinski definition) is 2. The molecular formula is C29H39FN4O2. The maximum atomic E-state index is 13.4. The van der Waals surface area contributed by atoms with Gasteiger partial charge in [-0.05, 0) is 106 Å². The van der Waals surface area contributed by atoms with Gasteiger partial charge in [0.1, 0.15) is 17.4 Å². The highest BCUT2D eigenvalue weighted by atomic mass is 19.1. The summed E-state index contributed by atoms with van der Waals surface area (Å²) in [6.45, 7) is 2.12. The van der Waals surface area contributed by atoms with Crippen LogP contribution in [0.25, 0.3) is 11.3 Å². The molecule has 194 valence electrons. The molecule has 36 heavy (non-hydrogen) atoms. The van der Waals surface area contributed by atoms with Crippen LogP contribution in [0.3, 0.4) is 0 Å². The third-order valence-electron chi connectivity index (χ3n) is 8.55. The number of Topliss-reactive ketones (excluding diaryl/α,β-unsaturated/α-hetero) is 1. The van der Waals surface area contributed by atoms with Crippen LogP contribution in [0.1, 0.15) is 82.5 Å². The minimum Gasteiger partial charge on any atom is -0.346 e. The van der Waals surface area contributed by atoms with E-state index in [9.17, 15) is 14.0 Å². The number of unbranched alkanes of at least 4 members (excludes halogenated alkanes) is 2. The van der Waals surface area contributed by atoms with Gasteiger partial charge >= 0.3 is 0 Å². The predicted molar refractivity (Wildman–Crippen MR) is 138 cm³/mol. The molecule has 1 spiro atoms. The molecular weight excluding hydrogens is 455 g/mol. The van der Waals surface area contributed by atoms with Gasteiger partial charge in [0.15, 0.2) is 0 Å². The quantitative estimate of drug-likeness (QED) is 0.386. The van der Waals surface area contributed by atoms with E-state index in [0.29, 0.717) is 18.1 Å². The van der Waals surface area contributed by atoms with Gasteiger partial charge in [0.25, 0.3) is 0 Å². The number of aromatic amines is 1. The second-order valence-corrected chi connectivity index (χ2v) is 11.5. The first-order chi connectivity index (χ1) is 17.4. The van der Waals surface area contributed by atoms with Gasteiger partial charge in [-0.3, -0.25) is 9.59 Å². The Balaban J connectivity index is 1.19. The van der Waals surface area contributed by atoms with Gasteiger partial charge < -0.3 is 15.2 Å². The fraction of sp³-hybridized carbons (Fsp3) is 0.621. The summed E-state index contributed by atoms with van der Waals surface area (Å²) in [4.78, 5) is 35.7. The number of H-pyrrole nitrogens is 1. The summed E-state index contributed by atoms with van der Waals surface area (Å²) >= 11 is 0. The second-order valence-electron chi connectivity index (χ2n) is 11.5. The number of aromatic nitrogens is 2. The summed E-state index contributed by atoms with van der Waals surface area (Å²) < 4.78 is 13.4. The first-order valence-corrected chi connectivity index (χ1v) is 13.7. The Morgan fingerprint density at radius 3 is 2.64 bits per heavy atom. The molecule has 2 aromatic rings. The average Bonchev–Trinajstić information content (AvgIpc) is 3.77. The molecule has 2 heterocycles. The Morgan fingerprint density at radius 1 is 1.17 bits per heavy atom. The number of ketones is 1. The number of hydrogen-bond acceptors (Lipinski definition) is 4. The molecule has 2 saturated carbocycles. The average molecular weight is 495 g/mol. The molecule has 3 fully saturated rings. The smallest absolute Gasteiger partial charge is 0.224 e. The summed E-state index contributed by atoms with van der Waals surface area (Å²) in [7, 11) is 2.15. The normalized spacial score (nSPS) is 21.9. The van der Waals surface area contributed by atoms with Crippen LogP contribution in [0.4, 0.5) is 4.39 Å². The number of carbonyl (C=O) groups is 2. The number of halogens is 1. The lowest BCUT2D eigenvalue weighted by Gasteiger charge is -2.30. The Bertz CT molecular complexity index is 1050. The molecule has 2 aliphatic carbocycles. The highest BCUT2D eigenvalue weighted by Gasteiger charge is 2.58. The molecule has 5 rings (SSSR count). The molecule has 0 unspecified atom stereocenters. The van der Waals surface area contributed by atoms with Crippen molar-refractivity contribution in [3.63, 3.8) is 0 Å². The largest absolute Gasteiger partial charge is 0.346 e. The van der Waals surface area contributed by atoms with Crippen molar-refractivity contribution in [2.24, 2.45) is 17.3 Å². The molecule has 7 heteroatoms. The van der Waals surface area contributed by atoms with E-state index in [1.54, 1.807) is 18.3 Å². The Labute approximate surface area is 213 Å². The van der Waals surface area contributed by atoms with Gasteiger partial charge in [-0.1, -0.05) is 12.8 Å². The van der Waals surface area contributed by atoms with Crippen molar-refractivity contribution >= 4 is 11.7 Å². The Kier molecular flexibility index (Phi) is 7.56. The van der Waals surface area contributed by atoms with Gasteiger partial charge in [0.05, 0.1) is 17.9 Å². The maximum Gasteiger partial charge on any atom is 0.224 e. The summed E-state index contributed by atoms with van der Waals surface area (Å²) in [6, 6.07) is 6.14. The van der Waals surface area contributed by atoms with Gasteiger partial charge in [0, 0.05) is 18.8 Å². The Morgan fingerprint density at radius 2 is 1.92 bits per heavy atom. The first-order valence-electron chi connectivity index (χ1n) is 13.7. The summed E-state index contributed by atoms with van der Waals surface area (Å²) in [5, 5.41) is 3.31. The number of piperidine rings is 1. The maximum absolute atomic E-state index is 13.4. The van der Waals surface area contributed by atoms with E-state index in [0.717, 1.165) is 81.5 Å². The van der Waals surface area contributed by atoms with Crippen molar-refractivity contribution in [1.82, 2.24) is 20.2 Å². The number of rotatable bonds is 12. The number of likely N-dealkylation sites (tertiary alicyclic amines) is 1. The van der Waals surface area contributed by atoms with Gasteiger partial charge in [-0.25, -0.2) is 9.37 Å². The van der Waals surface area contributed by atoms with Gasteiger partial charge in [-0.2, -0.15) is 0 Å². The fourth-order valence-electron chi connectivity index (χ4n) is 5.77. The predicted octanol–water partition coefficient (Wildman–Crippen LogP) is 5.42. The number of benzene rings is 1. The minimum atomic E-state index is -0.272. The van der Waals surface area contributed by atoms with E-state index >= 15 is 0 Å². The molecule has 1 aromatic carbocycles. The summed E-state index contributed by atoms with van der Waals surface area (Å²) in [5.41, 5.74) is 1.86.